The maximum atomic E-state index is 9.60. The number of anilines is 1. The van der Waals surface area contributed by atoms with Crippen LogP contribution in [0.15, 0.2) is 43.2 Å². The van der Waals surface area contributed by atoms with E-state index in [9.17, 15) is 5.26 Å². The Hall–Kier alpha value is -3.33. The van der Waals surface area contributed by atoms with E-state index in [1.54, 1.807) is 12.5 Å². The number of rotatable bonds is 10. The maximum absolute atomic E-state index is 9.60. The van der Waals surface area contributed by atoms with Gasteiger partial charge in [0.15, 0.2) is 0 Å². The summed E-state index contributed by atoms with van der Waals surface area (Å²) < 4.78 is 9.88. The number of ether oxygens (including phenoxy) is 1. The lowest BCUT2D eigenvalue weighted by atomic mass is 9.96. The molecule has 5 heterocycles. The third kappa shape index (κ3) is 5.88. The predicted octanol–water partition coefficient (Wildman–Crippen LogP) is 5.03. The number of hydrogen-bond donors (Lipinski definition) is 0. The molecule has 5 rings (SSSR count). The first kappa shape index (κ1) is 26.3. The molecule has 0 amide bonds. The molecule has 1 aliphatic heterocycles. The number of aromatic nitrogens is 7. The molecule has 198 valence electrons. The third-order valence-corrected chi connectivity index (χ3v) is 8.89. The number of halogens is 1. The van der Waals surface area contributed by atoms with Crippen LogP contribution in [0.1, 0.15) is 18.9 Å². The number of hydrogen-bond acceptors (Lipinski definition) is 8. The highest BCUT2D eigenvalue weighted by Crippen LogP contribution is 2.34. The second-order valence-electron chi connectivity index (χ2n) is 10.9. The van der Waals surface area contributed by atoms with E-state index in [2.05, 4.69) is 55.6 Å². The van der Waals surface area contributed by atoms with Crippen molar-refractivity contribution in [1.82, 2.24) is 34.3 Å². The zero-order chi connectivity index (χ0) is 26.7. The van der Waals surface area contributed by atoms with Crippen LogP contribution in [0.25, 0.3) is 22.3 Å². The van der Waals surface area contributed by atoms with Gasteiger partial charge in [-0.3, -0.25) is 4.68 Å². The third-order valence-electron chi connectivity index (χ3n) is 7.00. The van der Waals surface area contributed by atoms with Gasteiger partial charge in [-0.05, 0) is 36.2 Å². The fraction of sp³-hybridized carbons (Fsp3) is 0.462. The monoisotopic (exact) mass is 549 g/mol. The van der Waals surface area contributed by atoms with Crippen molar-refractivity contribution >= 4 is 36.5 Å². The van der Waals surface area contributed by atoms with E-state index in [-0.39, 0.29) is 17.2 Å². The number of nitriles is 1. The van der Waals surface area contributed by atoms with Gasteiger partial charge in [-0.25, -0.2) is 19.9 Å². The Morgan fingerprint density at radius 2 is 2.11 bits per heavy atom. The highest BCUT2D eigenvalue weighted by Gasteiger charge is 2.32. The van der Waals surface area contributed by atoms with E-state index >= 15 is 0 Å². The topological polar surface area (TPSA) is 111 Å². The van der Waals surface area contributed by atoms with Gasteiger partial charge in [-0.2, -0.15) is 10.4 Å². The smallest absolute Gasteiger partial charge is 0.224 e. The standard InChI is InChI=1S/C26H32ClN9OSi/c1-38(2,3)13-12-37-18-35-11-7-21-24(30-17-31-25(21)35)20-14-32-36(16-20)22(4-8-28)19-6-10-34(15-19)23-5-9-29-26(27)33-23/h5,7,9,11,14,16-17,19,22H,4,6,10,12-13,15,18H2,1-3H3. The van der Waals surface area contributed by atoms with Crippen molar-refractivity contribution in [2.45, 2.75) is 51.3 Å². The quantitative estimate of drug-likeness (QED) is 0.154. The summed E-state index contributed by atoms with van der Waals surface area (Å²) in [5.41, 5.74) is 2.55. The molecule has 1 fully saturated rings. The first-order valence-electron chi connectivity index (χ1n) is 12.8. The SMILES string of the molecule is C[Si](C)(C)CCOCn1ccc2c(-c3cnn(C(CC#N)C4CCN(c5ccnc(Cl)n5)C4)c3)ncnc21. The second kappa shape index (κ2) is 11.2. The minimum absolute atomic E-state index is 0.0576. The van der Waals surface area contributed by atoms with Gasteiger partial charge in [0, 0.05) is 63.2 Å². The van der Waals surface area contributed by atoms with Gasteiger partial charge >= 0.3 is 0 Å². The van der Waals surface area contributed by atoms with Gasteiger partial charge in [0.05, 0.1) is 30.4 Å². The molecule has 0 saturated carbocycles. The molecule has 4 aromatic heterocycles. The average molecular weight is 550 g/mol. The van der Waals surface area contributed by atoms with Crippen molar-refractivity contribution < 1.29 is 4.74 Å². The average Bonchev–Trinajstić information content (AvgIpc) is 3.65. The van der Waals surface area contributed by atoms with Gasteiger partial charge in [-0.15, -0.1) is 0 Å². The lowest BCUT2D eigenvalue weighted by Gasteiger charge is -2.23. The largest absolute Gasteiger partial charge is 0.361 e. The first-order valence-corrected chi connectivity index (χ1v) is 16.9. The normalized spacial score (nSPS) is 16.7. The molecule has 0 bridgehead atoms. The minimum atomic E-state index is -1.14. The van der Waals surface area contributed by atoms with Crippen molar-refractivity contribution in [1.29, 1.82) is 5.26 Å². The summed E-state index contributed by atoms with van der Waals surface area (Å²) in [5, 5.41) is 15.5. The molecule has 1 saturated heterocycles. The van der Waals surface area contributed by atoms with Gasteiger partial charge in [0.2, 0.25) is 5.28 Å². The Bertz CT molecular complexity index is 1440. The fourth-order valence-electron chi connectivity index (χ4n) is 4.90. The zero-order valence-electron chi connectivity index (χ0n) is 22.0. The van der Waals surface area contributed by atoms with E-state index in [0.717, 1.165) is 60.3 Å². The first-order chi connectivity index (χ1) is 18.3. The van der Waals surface area contributed by atoms with Crippen LogP contribution in [0.3, 0.4) is 0 Å². The van der Waals surface area contributed by atoms with E-state index in [1.807, 2.05) is 40.0 Å². The van der Waals surface area contributed by atoms with Crippen LogP contribution in [-0.4, -0.2) is 62.1 Å². The summed E-state index contributed by atoms with van der Waals surface area (Å²) in [7, 11) is -1.14. The molecule has 12 heteroatoms. The van der Waals surface area contributed by atoms with Gasteiger partial charge in [0.1, 0.15) is 24.5 Å². The summed E-state index contributed by atoms with van der Waals surface area (Å²) in [5.74, 6) is 1.05. The summed E-state index contributed by atoms with van der Waals surface area (Å²) in [6.07, 6.45) is 10.4. The lowest BCUT2D eigenvalue weighted by molar-refractivity contribution is 0.0899. The Balaban J connectivity index is 1.33. The molecule has 10 nitrogen and oxygen atoms in total. The van der Waals surface area contributed by atoms with Crippen LogP contribution in [0.2, 0.25) is 31.0 Å². The molecule has 0 aromatic carbocycles. The van der Waals surface area contributed by atoms with Crippen molar-refractivity contribution in [3.63, 3.8) is 0 Å². The van der Waals surface area contributed by atoms with E-state index in [0.29, 0.717) is 13.2 Å². The predicted molar refractivity (Wildman–Crippen MR) is 149 cm³/mol. The number of nitrogens with zero attached hydrogens (tertiary/aromatic N) is 9. The molecular formula is C26H32ClN9OSi. The molecule has 4 aromatic rings. The summed E-state index contributed by atoms with van der Waals surface area (Å²) in [6, 6.07) is 7.31. The van der Waals surface area contributed by atoms with E-state index in [1.165, 1.54) is 0 Å². The molecular weight excluding hydrogens is 518 g/mol. The molecule has 1 aliphatic rings. The molecule has 0 spiro atoms. The van der Waals surface area contributed by atoms with Crippen LogP contribution in [0.5, 0.6) is 0 Å². The molecule has 38 heavy (non-hydrogen) atoms. The van der Waals surface area contributed by atoms with Crippen LogP contribution < -0.4 is 4.90 Å². The molecule has 0 aliphatic carbocycles. The van der Waals surface area contributed by atoms with Gasteiger partial charge in [0.25, 0.3) is 0 Å². The summed E-state index contributed by atoms with van der Waals surface area (Å²) in [4.78, 5) is 19.6. The second-order valence-corrected chi connectivity index (χ2v) is 16.9. The molecule has 2 unspecified atom stereocenters. The van der Waals surface area contributed by atoms with Gasteiger partial charge < -0.3 is 14.2 Å². The van der Waals surface area contributed by atoms with Crippen LogP contribution in [0.4, 0.5) is 5.82 Å². The summed E-state index contributed by atoms with van der Waals surface area (Å²) >= 11 is 6.00. The van der Waals surface area contributed by atoms with Gasteiger partial charge in [-0.1, -0.05) is 19.6 Å². The lowest BCUT2D eigenvalue weighted by Crippen LogP contribution is -2.25. The van der Waals surface area contributed by atoms with E-state index in [4.69, 9.17) is 16.3 Å². The molecule has 0 radical (unpaired) electrons. The van der Waals surface area contributed by atoms with Crippen molar-refractivity contribution in [3.05, 3.63) is 48.5 Å². The Kier molecular flexibility index (Phi) is 7.74. The van der Waals surface area contributed by atoms with Crippen molar-refractivity contribution in [3.8, 4) is 17.3 Å². The van der Waals surface area contributed by atoms with Crippen molar-refractivity contribution in [2.75, 3.05) is 24.6 Å². The van der Waals surface area contributed by atoms with Crippen LogP contribution in [0, 0.1) is 17.2 Å². The minimum Gasteiger partial charge on any atom is -0.361 e. The number of fused-ring (bicyclic) bond motifs is 1. The Labute approximate surface area is 228 Å². The van der Waals surface area contributed by atoms with Crippen LogP contribution in [-0.2, 0) is 11.5 Å². The highest BCUT2D eigenvalue weighted by atomic mass is 35.5. The summed E-state index contributed by atoms with van der Waals surface area (Å²) in [6.45, 7) is 9.87. The zero-order valence-corrected chi connectivity index (χ0v) is 23.7. The Morgan fingerprint density at radius 3 is 2.89 bits per heavy atom. The van der Waals surface area contributed by atoms with Crippen molar-refractivity contribution in [2.24, 2.45) is 5.92 Å². The molecule has 0 N–H and O–H groups in total. The maximum Gasteiger partial charge on any atom is 0.224 e. The highest BCUT2D eigenvalue weighted by molar-refractivity contribution is 6.76. The Morgan fingerprint density at radius 1 is 1.24 bits per heavy atom. The van der Waals surface area contributed by atoms with E-state index < -0.39 is 8.07 Å². The molecule has 2 atom stereocenters. The fourth-order valence-corrected chi connectivity index (χ4v) is 5.80. The van der Waals surface area contributed by atoms with Crippen LogP contribution >= 0.6 is 11.6 Å².